The van der Waals surface area contributed by atoms with E-state index in [1.54, 1.807) is 12.1 Å². The van der Waals surface area contributed by atoms with E-state index in [0.29, 0.717) is 0 Å². The first-order valence-electron chi connectivity index (χ1n) is 6.80. The zero-order valence-corrected chi connectivity index (χ0v) is 11.2. The van der Waals surface area contributed by atoms with Crippen LogP contribution in [0.5, 0.6) is 0 Å². The average Bonchev–Trinajstić information content (AvgIpc) is 2.46. The molecule has 1 aromatic rings. The van der Waals surface area contributed by atoms with Crippen molar-refractivity contribution in [2.24, 2.45) is 0 Å². The Hall–Kier alpha value is -1.88. The first-order chi connectivity index (χ1) is 9.66. The van der Waals surface area contributed by atoms with Crippen LogP contribution in [0.1, 0.15) is 30.9 Å². The summed E-state index contributed by atoms with van der Waals surface area (Å²) < 4.78 is 13.4. The van der Waals surface area contributed by atoms with E-state index in [-0.39, 0.29) is 24.2 Å². The highest BCUT2D eigenvalue weighted by Crippen LogP contribution is 2.15. The van der Waals surface area contributed by atoms with Gasteiger partial charge in [0.1, 0.15) is 5.82 Å². The van der Waals surface area contributed by atoms with E-state index < -0.39 is 11.9 Å². The van der Waals surface area contributed by atoms with Crippen LogP contribution < -0.4 is 10.6 Å². The van der Waals surface area contributed by atoms with Crippen LogP contribution >= 0.6 is 0 Å². The summed E-state index contributed by atoms with van der Waals surface area (Å²) in [5.74, 6) is -0.475. The molecule has 0 aromatic heterocycles. The number of allylic oxidation sites excluding steroid dienone is 1. The molecule has 0 fully saturated rings. The van der Waals surface area contributed by atoms with E-state index in [1.165, 1.54) is 12.1 Å². The van der Waals surface area contributed by atoms with E-state index in [9.17, 15) is 14.3 Å². The molecular weight excluding hydrogens is 259 g/mol. The van der Waals surface area contributed by atoms with Crippen LogP contribution in [0.4, 0.5) is 9.18 Å². The van der Waals surface area contributed by atoms with Gasteiger partial charge >= 0.3 is 6.03 Å². The summed E-state index contributed by atoms with van der Waals surface area (Å²) in [4.78, 5) is 11.7. The molecule has 0 aliphatic heterocycles. The van der Waals surface area contributed by atoms with Gasteiger partial charge in [-0.1, -0.05) is 30.4 Å². The van der Waals surface area contributed by atoms with Crippen LogP contribution in [0, 0.1) is 5.82 Å². The van der Waals surface area contributed by atoms with Crippen molar-refractivity contribution >= 4 is 6.03 Å². The van der Waals surface area contributed by atoms with E-state index in [4.69, 9.17) is 0 Å². The molecule has 0 saturated heterocycles. The molecule has 0 spiro atoms. The van der Waals surface area contributed by atoms with Gasteiger partial charge in [0.25, 0.3) is 0 Å². The molecule has 0 heterocycles. The Labute approximate surface area is 117 Å². The number of hydrogen-bond donors (Lipinski definition) is 3. The largest absolute Gasteiger partial charge is 0.386 e. The molecule has 108 valence electrons. The number of aliphatic hydroxyl groups excluding tert-OH is 1. The topological polar surface area (TPSA) is 61.4 Å². The minimum absolute atomic E-state index is 0.0246. The third kappa shape index (κ3) is 4.06. The fraction of sp³-hybridized carbons (Fsp3) is 0.400. The Morgan fingerprint density at radius 2 is 2.25 bits per heavy atom. The van der Waals surface area contributed by atoms with Gasteiger partial charge in [-0.2, -0.15) is 0 Å². The molecule has 0 radical (unpaired) electrons. The minimum atomic E-state index is -1.05. The van der Waals surface area contributed by atoms with Gasteiger partial charge in [-0.05, 0) is 25.3 Å². The van der Waals surface area contributed by atoms with Crippen molar-refractivity contribution in [1.82, 2.24) is 10.6 Å². The van der Waals surface area contributed by atoms with Crippen molar-refractivity contribution in [3.05, 3.63) is 47.8 Å². The molecule has 2 unspecified atom stereocenters. The Morgan fingerprint density at radius 3 is 2.95 bits per heavy atom. The lowest BCUT2D eigenvalue weighted by molar-refractivity contribution is 0.168. The van der Waals surface area contributed by atoms with Crippen molar-refractivity contribution in [3.8, 4) is 0 Å². The van der Waals surface area contributed by atoms with Crippen LogP contribution in [-0.4, -0.2) is 23.7 Å². The van der Waals surface area contributed by atoms with Crippen molar-refractivity contribution < 1.29 is 14.3 Å². The Balaban J connectivity index is 1.79. The Kier molecular flexibility index (Phi) is 5.12. The van der Waals surface area contributed by atoms with Gasteiger partial charge in [0.2, 0.25) is 0 Å². The maximum Gasteiger partial charge on any atom is 0.315 e. The van der Waals surface area contributed by atoms with E-state index in [1.807, 2.05) is 12.2 Å². The average molecular weight is 278 g/mol. The summed E-state index contributed by atoms with van der Waals surface area (Å²) in [6.45, 7) is -0.0246. The summed E-state index contributed by atoms with van der Waals surface area (Å²) in [5, 5.41) is 15.2. The zero-order chi connectivity index (χ0) is 14.4. The number of halogens is 1. The van der Waals surface area contributed by atoms with Gasteiger partial charge in [-0.25, -0.2) is 9.18 Å². The Bertz CT molecular complexity index is 491. The summed E-state index contributed by atoms with van der Waals surface area (Å²) in [6, 6.07) is 5.68. The van der Waals surface area contributed by atoms with Gasteiger partial charge in [0, 0.05) is 18.2 Å². The van der Waals surface area contributed by atoms with Crippen molar-refractivity contribution in [1.29, 1.82) is 0 Å². The van der Waals surface area contributed by atoms with Gasteiger partial charge in [-0.3, -0.25) is 0 Å². The Morgan fingerprint density at radius 1 is 1.45 bits per heavy atom. The van der Waals surface area contributed by atoms with Crippen LogP contribution in [0.3, 0.4) is 0 Å². The van der Waals surface area contributed by atoms with E-state index >= 15 is 0 Å². The summed E-state index contributed by atoms with van der Waals surface area (Å²) in [6.07, 6.45) is 5.98. The smallest absolute Gasteiger partial charge is 0.315 e. The number of benzene rings is 1. The molecule has 1 aliphatic rings. The monoisotopic (exact) mass is 278 g/mol. The van der Waals surface area contributed by atoms with Gasteiger partial charge in [0.05, 0.1) is 6.10 Å². The molecule has 1 aliphatic carbocycles. The quantitative estimate of drug-likeness (QED) is 0.740. The minimum Gasteiger partial charge on any atom is -0.386 e. The summed E-state index contributed by atoms with van der Waals surface area (Å²) >= 11 is 0. The lowest BCUT2D eigenvalue weighted by Crippen LogP contribution is -2.43. The number of rotatable bonds is 4. The molecule has 2 amide bonds. The summed E-state index contributed by atoms with van der Waals surface area (Å²) in [5.41, 5.74) is 0.186. The van der Waals surface area contributed by atoms with Crippen LogP contribution in [0.25, 0.3) is 0 Å². The van der Waals surface area contributed by atoms with Crippen molar-refractivity contribution in [2.45, 2.75) is 31.4 Å². The number of hydrogen-bond acceptors (Lipinski definition) is 2. The fourth-order valence-corrected chi connectivity index (χ4v) is 2.20. The number of aliphatic hydroxyl groups is 1. The second-order valence-corrected chi connectivity index (χ2v) is 4.86. The van der Waals surface area contributed by atoms with Gasteiger partial charge in [0.15, 0.2) is 0 Å². The third-order valence-corrected chi connectivity index (χ3v) is 3.29. The standard InChI is InChI=1S/C15H19FN2O2/c16-13-9-5-4-8-12(13)14(19)10-17-15(20)18-11-6-2-1-3-7-11/h2,4-6,8-9,11,14,19H,1,3,7,10H2,(H2,17,18,20). The molecule has 20 heavy (non-hydrogen) atoms. The number of amides is 2. The number of carbonyl (C=O) groups excluding carboxylic acids is 1. The summed E-state index contributed by atoms with van der Waals surface area (Å²) in [7, 11) is 0. The van der Waals surface area contributed by atoms with Crippen molar-refractivity contribution in [2.75, 3.05) is 6.54 Å². The lowest BCUT2D eigenvalue weighted by Gasteiger charge is -2.19. The highest BCUT2D eigenvalue weighted by atomic mass is 19.1. The molecule has 0 bridgehead atoms. The molecule has 4 nitrogen and oxygen atoms in total. The maximum absolute atomic E-state index is 13.4. The molecule has 3 N–H and O–H groups in total. The first kappa shape index (κ1) is 14.5. The SMILES string of the molecule is O=C(NCC(O)c1ccccc1F)NC1C=CCCC1. The molecule has 5 heteroatoms. The van der Waals surface area contributed by atoms with Gasteiger partial charge < -0.3 is 15.7 Å². The predicted octanol–water partition coefficient (Wildman–Crippen LogP) is 2.27. The molecule has 2 rings (SSSR count). The second-order valence-electron chi connectivity index (χ2n) is 4.86. The fourth-order valence-electron chi connectivity index (χ4n) is 2.20. The van der Waals surface area contributed by atoms with E-state index in [2.05, 4.69) is 10.6 Å². The molecular formula is C15H19FN2O2. The second kappa shape index (κ2) is 7.05. The normalized spacial score (nSPS) is 19.4. The zero-order valence-electron chi connectivity index (χ0n) is 11.2. The maximum atomic E-state index is 13.4. The number of carbonyl (C=O) groups is 1. The van der Waals surface area contributed by atoms with Crippen LogP contribution in [0.15, 0.2) is 36.4 Å². The van der Waals surface area contributed by atoms with Crippen LogP contribution in [-0.2, 0) is 0 Å². The molecule has 0 saturated carbocycles. The van der Waals surface area contributed by atoms with Crippen LogP contribution in [0.2, 0.25) is 0 Å². The first-order valence-corrected chi connectivity index (χ1v) is 6.80. The highest BCUT2D eigenvalue weighted by Gasteiger charge is 2.15. The number of nitrogens with one attached hydrogen (secondary N) is 2. The predicted molar refractivity (Wildman–Crippen MR) is 74.7 cm³/mol. The molecule has 1 aromatic carbocycles. The number of urea groups is 1. The van der Waals surface area contributed by atoms with Crippen molar-refractivity contribution in [3.63, 3.8) is 0 Å². The highest BCUT2D eigenvalue weighted by molar-refractivity contribution is 5.74. The third-order valence-electron chi connectivity index (χ3n) is 3.29. The lowest BCUT2D eigenvalue weighted by atomic mass is 10.0. The molecule has 2 atom stereocenters. The van der Waals surface area contributed by atoms with Gasteiger partial charge in [-0.15, -0.1) is 0 Å². The van der Waals surface area contributed by atoms with E-state index in [0.717, 1.165) is 19.3 Å².